The van der Waals surface area contributed by atoms with Crippen LogP contribution in [0.3, 0.4) is 0 Å². The molecule has 2 heteroatoms. The molecule has 0 spiro atoms. The average molecular weight is 131 g/mol. The van der Waals surface area contributed by atoms with E-state index < -0.39 is 8.32 Å². The molecule has 0 aromatic rings. The molecule has 8 heavy (non-hydrogen) atoms. The molecule has 0 unspecified atom stereocenters. The lowest BCUT2D eigenvalue weighted by atomic mass is 10.9. The number of hydrogen-bond acceptors (Lipinski definition) is 1. The third kappa shape index (κ3) is 3.21. The van der Waals surface area contributed by atoms with Crippen LogP contribution in [0.4, 0.5) is 0 Å². The van der Waals surface area contributed by atoms with Crippen molar-refractivity contribution in [1.29, 1.82) is 0 Å². The fourth-order valence-electron chi connectivity index (χ4n) is 0.463. The summed E-state index contributed by atoms with van der Waals surface area (Å²) >= 11 is 0. The monoisotopic (exact) mass is 131 g/mol. The van der Waals surface area contributed by atoms with Gasteiger partial charge in [0.15, 0.2) is 8.32 Å². The summed E-state index contributed by atoms with van der Waals surface area (Å²) in [5, 5.41) is 0. The molecule has 0 saturated carbocycles. The van der Waals surface area contributed by atoms with Gasteiger partial charge in [-0.25, -0.2) is 0 Å². The summed E-state index contributed by atoms with van der Waals surface area (Å²) in [4.78, 5) is 0. The van der Waals surface area contributed by atoms with Crippen LogP contribution in [0, 0.1) is 6.92 Å². The topological polar surface area (TPSA) is 9.23 Å². The SMILES string of the molecule is [CH2]C[Si](C)(C)OCC. The molecule has 0 aromatic heterocycles. The minimum absolute atomic E-state index is 0.842. The van der Waals surface area contributed by atoms with Gasteiger partial charge in [-0.2, -0.15) is 0 Å². The Morgan fingerprint density at radius 1 is 1.50 bits per heavy atom. The maximum atomic E-state index is 5.45. The van der Waals surface area contributed by atoms with Gasteiger partial charge in [0.2, 0.25) is 0 Å². The van der Waals surface area contributed by atoms with E-state index in [4.69, 9.17) is 4.43 Å². The van der Waals surface area contributed by atoms with E-state index in [0.29, 0.717) is 0 Å². The third-order valence-corrected chi connectivity index (χ3v) is 3.41. The summed E-state index contributed by atoms with van der Waals surface area (Å²) in [6.07, 6.45) is 0. The molecule has 0 saturated heterocycles. The first-order valence-electron chi connectivity index (χ1n) is 3.05. The van der Waals surface area contributed by atoms with Gasteiger partial charge in [-0.3, -0.25) is 0 Å². The summed E-state index contributed by atoms with van der Waals surface area (Å²) in [5.74, 6) is 0. The molecule has 0 aliphatic rings. The molecular formula is C6H15OSi. The second-order valence-electron chi connectivity index (χ2n) is 2.44. The van der Waals surface area contributed by atoms with E-state index >= 15 is 0 Å². The number of hydrogen-bond donors (Lipinski definition) is 0. The predicted molar refractivity (Wildman–Crippen MR) is 39.3 cm³/mol. The summed E-state index contributed by atoms with van der Waals surface area (Å²) < 4.78 is 5.45. The average Bonchev–Trinajstić information content (AvgIpc) is 1.67. The predicted octanol–water partition coefficient (Wildman–Crippen LogP) is 2.06. The van der Waals surface area contributed by atoms with Crippen LogP contribution in [0.25, 0.3) is 0 Å². The minimum Gasteiger partial charge on any atom is -0.418 e. The largest absolute Gasteiger partial charge is 0.418 e. The van der Waals surface area contributed by atoms with Crippen LogP contribution in [0.2, 0.25) is 19.1 Å². The molecule has 0 heterocycles. The molecule has 1 nitrogen and oxygen atoms in total. The Balaban J connectivity index is 3.37. The highest BCUT2D eigenvalue weighted by molar-refractivity contribution is 6.71. The zero-order chi connectivity index (χ0) is 6.62. The summed E-state index contributed by atoms with van der Waals surface area (Å²) in [7, 11) is -1.29. The van der Waals surface area contributed by atoms with Gasteiger partial charge in [0.05, 0.1) is 0 Å². The van der Waals surface area contributed by atoms with Crippen LogP contribution in [-0.4, -0.2) is 14.9 Å². The third-order valence-electron chi connectivity index (χ3n) is 1.14. The van der Waals surface area contributed by atoms with Crippen LogP contribution >= 0.6 is 0 Å². The number of rotatable bonds is 3. The Bertz CT molecular complexity index is 61.5. The van der Waals surface area contributed by atoms with E-state index in [2.05, 4.69) is 20.0 Å². The van der Waals surface area contributed by atoms with Crippen molar-refractivity contribution >= 4 is 8.32 Å². The van der Waals surface area contributed by atoms with Gasteiger partial charge in [-0.15, -0.1) is 0 Å². The van der Waals surface area contributed by atoms with Gasteiger partial charge in [0.25, 0.3) is 0 Å². The van der Waals surface area contributed by atoms with Crippen LogP contribution in [0.1, 0.15) is 6.92 Å². The van der Waals surface area contributed by atoms with E-state index in [-0.39, 0.29) is 0 Å². The van der Waals surface area contributed by atoms with Crippen LogP contribution in [-0.2, 0) is 4.43 Å². The summed E-state index contributed by atoms with van der Waals surface area (Å²) in [6.45, 7) is 11.1. The van der Waals surface area contributed by atoms with Crippen molar-refractivity contribution in [3.63, 3.8) is 0 Å². The van der Waals surface area contributed by atoms with E-state index in [1.807, 2.05) is 6.92 Å². The van der Waals surface area contributed by atoms with Crippen molar-refractivity contribution in [1.82, 2.24) is 0 Å². The smallest absolute Gasteiger partial charge is 0.186 e. The van der Waals surface area contributed by atoms with Gasteiger partial charge in [-0.1, -0.05) is 6.92 Å². The highest BCUT2D eigenvalue weighted by Gasteiger charge is 2.17. The van der Waals surface area contributed by atoms with Crippen LogP contribution in [0.5, 0.6) is 0 Å². The maximum Gasteiger partial charge on any atom is 0.186 e. The minimum atomic E-state index is -1.29. The van der Waals surface area contributed by atoms with E-state index in [0.717, 1.165) is 12.7 Å². The Morgan fingerprint density at radius 2 is 2.00 bits per heavy atom. The zero-order valence-electron chi connectivity index (χ0n) is 6.03. The van der Waals surface area contributed by atoms with E-state index in [9.17, 15) is 0 Å². The molecule has 0 fully saturated rings. The fourth-order valence-corrected chi connectivity index (χ4v) is 1.39. The lowest BCUT2D eigenvalue weighted by Gasteiger charge is -2.18. The highest BCUT2D eigenvalue weighted by atomic mass is 28.4. The van der Waals surface area contributed by atoms with Crippen molar-refractivity contribution in [3.8, 4) is 0 Å². The molecule has 1 radical (unpaired) electrons. The molecule has 49 valence electrons. The van der Waals surface area contributed by atoms with Gasteiger partial charge in [0, 0.05) is 6.61 Å². The Hall–Kier alpha value is 0.177. The molecule has 0 bridgehead atoms. The van der Waals surface area contributed by atoms with Gasteiger partial charge in [0.1, 0.15) is 0 Å². The maximum absolute atomic E-state index is 5.45. The molecular weight excluding hydrogens is 116 g/mol. The molecule has 0 aromatic carbocycles. The molecule has 0 N–H and O–H groups in total. The Kier molecular flexibility index (Phi) is 3.32. The standard InChI is InChI=1S/C6H15OSi/c1-5-7-8(3,4)6-2/h2,5-6H2,1,3-4H3. The second-order valence-corrected chi connectivity index (χ2v) is 6.75. The van der Waals surface area contributed by atoms with E-state index in [1.165, 1.54) is 0 Å². The van der Waals surface area contributed by atoms with Gasteiger partial charge >= 0.3 is 0 Å². The van der Waals surface area contributed by atoms with Crippen molar-refractivity contribution in [2.75, 3.05) is 6.61 Å². The lowest BCUT2D eigenvalue weighted by Crippen LogP contribution is -2.28. The molecule has 0 amide bonds. The summed E-state index contributed by atoms with van der Waals surface area (Å²) in [5.41, 5.74) is 0. The molecule has 0 aliphatic heterocycles. The van der Waals surface area contributed by atoms with Crippen molar-refractivity contribution in [3.05, 3.63) is 6.92 Å². The quantitative estimate of drug-likeness (QED) is 0.533. The molecule has 0 aliphatic carbocycles. The molecule has 0 rings (SSSR count). The Morgan fingerprint density at radius 3 is 2.12 bits per heavy atom. The van der Waals surface area contributed by atoms with Gasteiger partial charge < -0.3 is 4.43 Å². The van der Waals surface area contributed by atoms with Gasteiger partial charge in [-0.05, 0) is 26.1 Å². The fraction of sp³-hybridized carbons (Fsp3) is 0.833. The first-order valence-corrected chi connectivity index (χ1v) is 6.17. The summed E-state index contributed by atoms with van der Waals surface area (Å²) in [6, 6.07) is 0.973. The zero-order valence-corrected chi connectivity index (χ0v) is 7.03. The first kappa shape index (κ1) is 8.18. The van der Waals surface area contributed by atoms with Crippen LogP contribution < -0.4 is 0 Å². The van der Waals surface area contributed by atoms with E-state index in [1.54, 1.807) is 0 Å². The van der Waals surface area contributed by atoms with Crippen molar-refractivity contribution in [2.45, 2.75) is 26.1 Å². The van der Waals surface area contributed by atoms with Crippen molar-refractivity contribution in [2.24, 2.45) is 0 Å². The van der Waals surface area contributed by atoms with Crippen LogP contribution in [0.15, 0.2) is 0 Å². The second kappa shape index (κ2) is 3.25. The Labute approximate surface area is 53.2 Å². The molecule has 0 atom stereocenters. The van der Waals surface area contributed by atoms with Crippen molar-refractivity contribution < 1.29 is 4.43 Å². The lowest BCUT2D eigenvalue weighted by molar-refractivity contribution is 0.331. The highest BCUT2D eigenvalue weighted by Crippen LogP contribution is 2.08. The first-order chi connectivity index (χ1) is 3.62. The normalized spacial score (nSPS) is 12.0.